The zero-order chi connectivity index (χ0) is 21.7. The lowest BCUT2D eigenvalue weighted by molar-refractivity contribution is -0.143. The Morgan fingerprint density at radius 1 is 1.17 bits per heavy atom. The van der Waals surface area contributed by atoms with Crippen LogP contribution in [0.3, 0.4) is 0 Å². The van der Waals surface area contributed by atoms with Crippen molar-refractivity contribution in [3.63, 3.8) is 0 Å². The van der Waals surface area contributed by atoms with Crippen molar-refractivity contribution >= 4 is 11.8 Å². The van der Waals surface area contributed by atoms with E-state index in [1.54, 1.807) is 0 Å². The lowest BCUT2D eigenvalue weighted by atomic mass is 9.87. The summed E-state index contributed by atoms with van der Waals surface area (Å²) in [7, 11) is 0. The van der Waals surface area contributed by atoms with Crippen LogP contribution < -0.4 is 0 Å². The number of carbonyl (C=O) groups excluding carboxylic acids is 2. The number of ketones is 1. The molecule has 1 aliphatic carbocycles. The van der Waals surface area contributed by atoms with Gasteiger partial charge in [0.25, 0.3) is 0 Å². The van der Waals surface area contributed by atoms with E-state index in [0.717, 1.165) is 57.8 Å². The molecule has 168 valence electrons. The molecule has 1 rings (SSSR count). The molecule has 0 aromatic rings. The molecule has 1 aliphatic rings. The van der Waals surface area contributed by atoms with Crippen LogP contribution in [-0.2, 0) is 14.3 Å². The topological polar surface area (TPSA) is 83.8 Å². The molecule has 1 fully saturated rings. The van der Waals surface area contributed by atoms with E-state index in [-0.39, 0.29) is 30.0 Å². The minimum Gasteiger partial charge on any atom is -0.466 e. The normalized spacial score (nSPS) is 24.2. The summed E-state index contributed by atoms with van der Waals surface area (Å²) in [6.45, 7) is 6.42. The minimum atomic E-state index is -0.728. The highest BCUT2D eigenvalue weighted by Gasteiger charge is 2.39. The van der Waals surface area contributed by atoms with Gasteiger partial charge in [0, 0.05) is 24.7 Å². The molecule has 0 amide bonds. The molecule has 0 bridgehead atoms. The van der Waals surface area contributed by atoms with Crippen molar-refractivity contribution in [3.8, 4) is 0 Å². The zero-order valence-corrected chi connectivity index (χ0v) is 18.7. The molecule has 5 nitrogen and oxygen atoms in total. The summed E-state index contributed by atoms with van der Waals surface area (Å²) in [5, 5.41) is 20.7. The zero-order valence-electron chi connectivity index (χ0n) is 18.7. The van der Waals surface area contributed by atoms with Crippen LogP contribution in [-0.4, -0.2) is 40.3 Å². The molecule has 4 atom stereocenters. The number of esters is 1. The fourth-order valence-corrected chi connectivity index (χ4v) is 4.01. The number of ether oxygens (including phenoxy) is 1. The van der Waals surface area contributed by atoms with Crippen molar-refractivity contribution in [1.29, 1.82) is 0 Å². The number of rotatable bonds is 15. The summed E-state index contributed by atoms with van der Waals surface area (Å²) in [5.41, 5.74) is -0.728. The number of Topliss-reactive ketones (excluding diaryl/α,β-unsaturated/α-hetero) is 1. The molecule has 1 saturated carbocycles. The Morgan fingerprint density at radius 2 is 1.90 bits per heavy atom. The van der Waals surface area contributed by atoms with Gasteiger partial charge in [0.1, 0.15) is 5.78 Å². The predicted molar refractivity (Wildman–Crippen MR) is 115 cm³/mol. The maximum absolute atomic E-state index is 12.3. The Morgan fingerprint density at radius 3 is 2.59 bits per heavy atom. The number of hydrogen-bond acceptors (Lipinski definition) is 5. The van der Waals surface area contributed by atoms with Gasteiger partial charge in [-0.25, -0.2) is 0 Å². The summed E-state index contributed by atoms with van der Waals surface area (Å²) in [4.78, 5) is 23.8. The Bertz CT molecular complexity index is 511. The molecule has 0 aromatic carbocycles. The van der Waals surface area contributed by atoms with E-state index in [4.69, 9.17) is 4.74 Å². The van der Waals surface area contributed by atoms with Crippen LogP contribution in [0.15, 0.2) is 12.2 Å². The summed E-state index contributed by atoms with van der Waals surface area (Å²) in [5.74, 6) is -0.251. The Kier molecular flexibility index (Phi) is 12.4. The molecule has 5 heteroatoms. The molecule has 0 aliphatic heterocycles. The summed E-state index contributed by atoms with van der Waals surface area (Å²) in [6, 6.07) is 0. The van der Waals surface area contributed by atoms with E-state index < -0.39 is 11.7 Å². The Balaban J connectivity index is 2.36. The molecule has 0 heterocycles. The lowest BCUT2D eigenvalue weighted by Crippen LogP contribution is -2.23. The van der Waals surface area contributed by atoms with Crippen molar-refractivity contribution in [1.82, 2.24) is 0 Å². The van der Waals surface area contributed by atoms with Crippen LogP contribution in [0.2, 0.25) is 0 Å². The number of carbonyl (C=O) groups is 2. The van der Waals surface area contributed by atoms with Gasteiger partial charge in [0.05, 0.1) is 18.3 Å². The molecule has 0 aromatic heterocycles. The highest BCUT2D eigenvalue weighted by atomic mass is 16.5. The van der Waals surface area contributed by atoms with Crippen molar-refractivity contribution < 1.29 is 24.5 Å². The van der Waals surface area contributed by atoms with Crippen LogP contribution in [0, 0.1) is 11.8 Å². The van der Waals surface area contributed by atoms with Crippen molar-refractivity contribution in [3.05, 3.63) is 12.2 Å². The highest BCUT2D eigenvalue weighted by Crippen LogP contribution is 2.34. The van der Waals surface area contributed by atoms with Crippen molar-refractivity contribution in [2.45, 2.75) is 110 Å². The van der Waals surface area contributed by atoms with Crippen LogP contribution >= 0.6 is 0 Å². The molecule has 0 saturated heterocycles. The quantitative estimate of drug-likeness (QED) is 0.232. The van der Waals surface area contributed by atoms with Gasteiger partial charge in [0.2, 0.25) is 0 Å². The fourth-order valence-electron chi connectivity index (χ4n) is 4.01. The first-order valence-corrected chi connectivity index (χ1v) is 11.6. The van der Waals surface area contributed by atoms with Gasteiger partial charge in [0.15, 0.2) is 0 Å². The first-order chi connectivity index (χ1) is 13.8. The summed E-state index contributed by atoms with van der Waals surface area (Å²) in [6.07, 6.45) is 12.6. The number of aliphatic hydroxyl groups excluding tert-OH is 1. The lowest BCUT2D eigenvalue weighted by Gasteiger charge is -2.22. The summed E-state index contributed by atoms with van der Waals surface area (Å²) >= 11 is 0. The van der Waals surface area contributed by atoms with E-state index in [0.29, 0.717) is 19.4 Å². The van der Waals surface area contributed by atoms with Crippen LogP contribution in [0.1, 0.15) is 97.8 Å². The van der Waals surface area contributed by atoms with Gasteiger partial charge in [-0.2, -0.15) is 0 Å². The van der Waals surface area contributed by atoms with E-state index in [2.05, 4.69) is 6.92 Å². The van der Waals surface area contributed by atoms with Crippen LogP contribution in [0.5, 0.6) is 0 Å². The highest BCUT2D eigenvalue weighted by molar-refractivity contribution is 5.84. The molecule has 2 N–H and O–H groups in total. The van der Waals surface area contributed by atoms with Crippen LogP contribution in [0.4, 0.5) is 0 Å². The molecular weight excluding hydrogens is 368 g/mol. The number of aliphatic hydroxyl groups is 2. The summed E-state index contributed by atoms with van der Waals surface area (Å²) < 4.78 is 5.07. The molecule has 0 spiro atoms. The largest absolute Gasteiger partial charge is 0.466 e. The Hall–Kier alpha value is -1.20. The molecular formula is C24H42O5. The fraction of sp³-hybridized carbons (Fsp3) is 0.833. The monoisotopic (exact) mass is 410 g/mol. The van der Waals surface area contributed by atoms with E-state index in [9.17, 15) is 19.8 Å². The first kappa shape index (κ1) is 25.8. The second-order valence-electron chi connectivity index (χ2n) is 8.83. The molecule has 0 radical (unpaired) electrons. The molecule has 1 unspecified atom stereocenters. The third-order valence-corrected chi connectivity index (χ3v) is 5.83. The van der Waals surface area contributed by atoms with E-state index in [1.165, 1.54) is 0 Å². The smallest absolute Gasteiger partial charge is 0.305 e. The van der Waals surface area contributed by atoms with Gasteiger partial charge in [-0.3, -0.25) is 9.59 Å². The third kappa shape index (κ3) is 10.4. The average molecular weight is 411 g/mol. The van der Waals surface area contributed by atoms with Gasteiger partial charge >= 0.3 is 5.97 Å². The van der Waals surface area contributed by atoms with Gasteiger partial charge in [-0.15, -0.1) is 0 Å². The second kappa shape index (κ2) is 13.9. The predicted octanol–water partition coefficient (Wildman–Crippen LogP) is 4.73. The maximum Gasteiger partial charge on any atom is 0.305 e. The van der Waals surface area contributed by atoms with Gasteiger partial charge < -0.3 is 14.9 Å². The number of unbranched alkanes of at least 4 members (excludes halogenated alkanes) is 4. The number of hydrogen-bond donors (Lipinski definition) is 2. The van der Waals surface area contributed by atoms with E-state index in [1.807, 2.05) is 26.0 Å². The van der Waals surface area contributed by atoms with Gasteiger partial charge in [-0.05, 0) is 39.0 Å². The average Bonchev–Trinajstić information content (AvgIpc) is 2.94. The first-order valence-electron chi connectivity index (χ1n) is 11.6. The Labute approximate surface area is 176 Å². The SMILES string of the molecule is CCCCC(C)(O)C/C=C/[C@H]1[C@H](O)CC(=O)[C@@H]1CCCCCCC(=O)OCCC. The van der Waals surface area contributed by atoms with Crippen molar-refractivity contribution in [2.75, 3.05) is 6.61 Å². The van der Waals surface area contributed by atoms with Crippen LogP contribution in [0.25, 0.3) is 0 Å². The van der Waals surface area contributed by atoms with Crippen molar-refractivity contribution in [2.24, 2.45) is 11.8 Å². The van der Waals surface area contributed by atoms with E-state index >= 15 is 0 Å². The second-order valence-corrected chi connectivity index (χ2v) is 8.83. The van der Waals surface area contributed by atoms with Gasteiger partial charge in [-0.1, -0.05) is 58.1 Å². The maximum atomic E-state index is 12.3. The minimum absolute atomic E-state index is 0.124. The molecule has 29 heavy (non-hydrogen) atoms. The standard InChI is InChI=1S/C24H42O5/c1-4-6-15-24(3,28)16-11-13-20-19(21(25)18-22(20)26)12-9-7-8-10-14-23(27)29-17-5-2/h11,13,19-20,22,26,28H,4-10,12,14-18H2,1-3H3/b13-11+/t19-,20-,22-,24?/m1/s1. The third-order valence-electron chi connectivity index (χ3n) is 5.83.